The number of amides is 2. The van der Waals surface area contributed by atoms with Crippen LogP contribution in [0.2, 0.25) is 0 Å². The summed E-state index contributed by atoms with van der Waals surface area (Å²) < 4.78 is 5.49. The van der Waals surface area contributed by atoms with Crippen LogP contribution in [0, 0.1) is 0 Å². The molecule has 26 heavy (non-hydrogen) atoms. The van der Waals surface area contributed by atoms with Gasteiger partial charge in [-0.3, -0.25) is 9.59 Å². The van der Waals surface area contributed by atoms with Crippen molar-refractivity contribution in [3.63, 3.8) is 0 Å². The molecule has 0 saturated carbocycles. The highest BCUT2D eigenvalue weighted by Crippen LogP contribution is 2.26. The Bertz CT molecular complexity index is 766. The predicted molar refractivity (Wildman–Crippen MR) is 105 cm³/mol. The Morgan fingerprint density at radius 3 is 2.65 bits per heavy atom. The van der Waals surface area contributed by atoms with E-state index in [4.69, 9.17) is 4.74 Å². The number of carbonyl (C=O) groups is 2. The molecular weight excluding hydrogens is 376 g/mol. The first-order chi connectivity index (χ1) is 12.0. The van der Waals surface area contributed by atoms with Gasteiger partial charge in [-0.1, -0.05) is 12.1 Å². The Morgan fingerprint density at radius 1 is 1.27 bits per heavy atom. The van der Waals surface area contributed by atoms with Crippen molar-refractivity contribution < 1.29 is 14.3 Å². The van der Waals surface area contributed by atoms with Gasteiger partial charge in [0, 0.05) is 30.1 Å². The van der Waals surface area contributed by atoms with E-state index in [0.29, 0.717) is 18.3 Å². The number of hydrogen-bond acceptors (Lipinski definition) is 6. The first-order valence-corrected chi connectivity index (χ1v) is 8.90. The zero-order valence-corrected chi connectivity index (χ0v) is 16.1. The van der Waals surface area contributed by atoms with Crippen molar-refractivity contribution in [2.24, 2.45) is 0 Å². The number of thiazole rings is 1. The Balaban J connectivity index is 0.00000243. The van der Waals surface area contributed by atoms with Crippen molar-refractivity contribution in [3.8, 4) is 11.3 Å². The third-order valence-electron chi connectivity index (χ3n) is 3.83. The molecule has 0 unspecified atom stereocenters. The predicted octanol–water partition coefficient (Wildman–Crippen LogP) is 2.51. The smallest absolute Gasteiger partial charge is 0.245 e. The number of benzene rings is 1. The van der Waals surface area contributed by atoms with Gasteiger partial charge in [0.2, 0.25) is 11.8 Å². The maximum atomic E-state index is 12.3. The average Bonchev–Trinajstić information content (AvgIpc) is 3.04. The first kappa shape index (κ1) is 20.3. The SMILES string of the molecule is CC(=O)Nc1ccc(-c2csc(NC(=O)[C@H]3NCCO[C@@H]3C)n2)cc1.Cl. The molecule has 1 aromatic heterocycles. The second-order valence-electron chi connectivity index (χ2n) is 5.79. The number of ether oxygens (including phenoxy) is 1. The normalized spacial score (nSPS) is 19.3. The Morgan fingerprint density at radius 2 is 2.00 bits per heavy atom. The summed E-state index contributed by atoms with van der Waals surface area (Å²) in [5, 5.41) is 11.1. The first-order valence-electron chi connectivity index (χ1n) is 8.02. The second kappa shape index (κ2) is 9.09. The molecule has 0 spiro atoms. The van der Waals surface area contributed by atoms with Crippen molar-refractivity contribution in [2.45, 2.75) is 26.0 Å². The van der Waals surface area contributed by atoms with E-state index in [1.54, 1.807) is 0 Å². The summed E-state index contributed by atoms with van der Waals surface area (Å²) in [5.41, 5.74) is 2.42. The van der Waals surface area contributed by atoms with Gasteiger partial charge >= 0.3 is 0 Å². The fourth-order valence-electron chi connectivity index (χ4n) is 2.60. The van der Waals surface area contributed by atoms with Crippen LogP contribution in [0.4, 0.5) is 10.8 Å². The van der Waals surface area contributed by atoms with E-state index in [-0.39, 0.29) is 36.4 Å². The van der Waals surface area contributed by atoms with Gasteiger partial charge in [0.1, 0.15) is 6.04 Å². The van der Waals surface area contributed by atoms with Crippen molar-refractivity contribution in [3.05, 3.63) is 29.6 Å². The van der Waals surface area contributed by atoms with Crippen molar-refractivity contribution in [1.29, 1.82) is 0 Å². The number of morpholine rings is 1. The third-order valence-corrected chi connectivity index (χ3v) is 4.59. The van der Waals surface area contributed by atoms with Crippen LogP contribution in [-0.4, -0.2) is 42.1 Å². The maximum Gasteiger partial charge on any atom is 0.245 e. The summed E-state index contributed by atoms with van der Waals surface area (Å²) >= 11 is 1.37. The van der Waals surface area contributed by atoms with Crippen LogP contribution >= 0.6 is 23.7 Å². The molecule has 0 bridgehead atoms. The number of carbonyl (C=O) groups excluding carboxylic acids is 2. The molecule has 3 N–H and O–H groups in total. The molecule has 1 aliphatic heterocycles. The standard InChI is InChI=1S/C17H20N4O3S.ClH/c1-10-15(18-7-8-24-10)16(23)21-17-20-14(9-25-17)12-3-5-13(6-4-12)19-11(2)22;/h3-6,9-10,15,18H,7-8H2,1-2H3,(H,19,22)(H,20,21,23);1H/t10-,15+;/m1./s1. The van der Waals surface area contributed by atoms with Gasteiger partial charge in [-0.05, 0) is 19.1 Å². The Kier molecular flexibility index (Phi) is 7.10. The van der Waals surface area contributed by atoms with Gasteiger partial charge in [0.15, 0.2) is 5.13 Å². The molecule has 2 amide bonds. The summed E-state index contributed by atoms with van der Waals surface area (Å²) in [7, 11) is 0. The van der Waals surface area contributed by atoms with Crippen molar-refractivity contribution >= 4 is 46.4 Å². The van der Waals surface area contributed by atoms with Crippen LogP contribution in [0.5, 0.6) is 0 Å². The number of nitrogens with zero attached hydrogens (tertiary/aromatic N) is 1. The van der Waals surface area contributed by atoms with Crippen LogP contribution in [-0.2, 0) is 14.3 Å². The molecule has 2 aromatic rings. The maximum absolute atomic E-state index is 12.3. The molecule has 2 heterocycles. The quantitative estimate of drug-likeness (QED) is 0.738. The largest absolute Gasteiger partial charge is 0.375 e. The summed E-state index contributed by atoms with van der Waals surface area (Å²) in [6.07, 6.45) is -0.172. The van der Waals surface area contributed by atoms with Crippen molar-refractivity contribution in [2.75, 3.05) is 23.8 Å². The summed E-state index contributed by atoms with van der Waals surface area (Å²) in [4.78, 5) is 27.9. The second-order valence-corrected chi connectivity index (χ2v) is 6.65. The van der Waals surface area contributed by atoms with E-state index in [2.05, 4.69) is 20.9 Å². The molecule has 1 aromatic carbocycles. The number of nitrogens with one attached hydrogen (secondary N) is 3. The van der Waals surface area contributed by atoms with E-state index in [1.165, 1.54) is 18.3 Å². The summed E-state index contributed by atoms with van der Waals surface area (Å²) in [6.45, 7) is 4.61. The number of hydrogen-bond donors (Lipinski definition) is 3. The van der Waals surface area contributed by atoms with Crippen LogP contribution < -0.4 is 16.0 Å². The summed E-state index contributed by atoms with van der Waals surface area (Å²) in [6, 6.07) is 7.02. The minimum atomic E-state index is -0.377. The van der Waals surface area contributed by atoms with Crippen LogP contribution in [0.1, 0.15) is 13.8 Å². The van der Waals surface area contributed by atoms with Gasteiger partial charge in [0.05, 0.1) is 18.4 Å². The van der Waals surface area contributed by atoms with Crippen LogP contribution in [0.3, 0.4) is 0 Å². The highest BCUT2D eigenvalue weighted by Gasteiger charge is 2.28. The van der Waals surface area contributed by atoms with E-state index >= 15 is 0 Å². The molecule has 2 atom stereocenters. The number of halogens is 1. The molecule has 1 fully saturated rings. The molecule has 9 heteroatoms. The summed E-state index contributed by atoms with van der Waals surface area (Å²) in [5.74, 6) is -0.255. The molecule has 1 saturated heterocycles. The van der Waals surface area contributed by atoms with Gasteiger partial charge < -0.3 is 20.7 Å². The monoisotopic (exact) mass is 396 g/mol. The van der Waals surface area contributed by atoms with Crippen molar-refractivity contribution in [1.82, 2.24) is 10.3 Å². The highest BCUT2D eigenvalue weighted by molar-refractivity contribution is 7.14. The molecule has 3 rings (SSSR count). The fraction of sp³-hybridized carbons (Fsp3) is 0.353. The lowest BCUT2D eigenvalue weighted by Crippen LogP contribution is -2.53. The molecule has 1 aliphatic rings. The number of aromatic nitrogens is 1. The highest BCUT2D eigenvalue weighted by atomic mass is 35.5. The van der Waals surface area contributed by atoms with E-state index in [1.807, 2.05) is 36.6 Å². The minimum absolute atomic E-state index is 0. The third kappa shape index (κ3) is 5.01. The molecule has 0 aliphatic carbocycles. The molecule has 0 radical (unpaired) electrons. The fourth-order valence-corrected chi connectivity index (χ4v) is 3.32. The molecule has 140 valence electrons. The zero-order chi connectivity index (χ0) is 17.8. The lowest BCUT2D eigenvalue weighted by atomic mass is 10.1. The van der Waals surface area contributed by atoms with Gasteiger partial charge in [-0.15, -0.1) is 23.7 Å². The van der Waals surface area contributed by atoms with E-state index in [0.717, 1.165) is 16.9 Å². The zero-order valence-electron chi connectivity index (χ0n) is 14.4. The number of anilines is 2. The Labute approximate surface area is 162 Å². The lowest BCUT2D eigenvalue weighted by Gasteiger charge is -2.28. The Hall–Kier alpha value is -2.00. The van der Waals surface area contributed by atoms with E-state index in [9.17, 15) is 9.59 Å². The molecule has 7 nitrogen and oxygen atoms in total. The van der Waals surface area contributed by atoms with Crippen LogP contribution in [0.25, 0.3) is 11.3 Å². The van der Waals surface area contributed by atoms with Gasteiger partial charge in [0.25, 0.3) is 0 Å². The van der Waals surface area contributed by atoms with Crippen LogP contribution in [0.15, 0.2) is 29.6 Å². The average molecular weight is 397 g/mol. The topological polar surface area (TPSA) is 92.4 Å². The van der Waals surface area contributed by atoms with Gasteiger partial charge in [-0.25, -0.2) is 4.98 Å². The van der Waals surface area contributed by atoms with Gasteiger partial charge in [-0.2, -0.15) is 0 Å². The lowest BCUT2D eigenvalue weighted by molar-refractivity contribution is -0.123. The minimum Gasteiger partial charge on any atom is -0.375 e. The van der Waals surface area contributed by atoms with E-state index < -0.39 is 0 Å². The number of rotatable bonds is 4. The molecular formula is C17H21ClN4O3S.